The summed E-state index contributed by atoms with van der Waals surface area (Å²) >= 11 is 3.39. The maximum atomic E-state index is 13.3. The number of benzene rings is 1. The topological polar surface area (TPSA) is 110 Å². The molecule has 2 heterocycles. The number of pyridine rings is 1. The van der Waals surface area contributed by atoms with Crippen LogP contribution >= 0.6 is 15.9 Å². The average Bonchev–Trinajstić information content (AvgIpc) is 3.05. The Bertz CT molecular complexity index is 1070. The van der Waals surface area contributed by atoms with Crippen LogP contribution in [0.4, 0.5) is 0 Å². The van der Waals surface area contributed by atoms with Gasteiger partial charge in [0.2, 0.25) is 0 Å². The van der Waals surface area contributed by atoms with E-state index in [-0.39, 0.29) is 23.9 Å². The van der Waals surface area contributed by atoms with Crippen LogP contribution in [-0.4, -0.2) is 33.7 Å². The number of carbonyl (C=O) groups is 2. The minimum absolute atomic E-state index is 0.164. The number of hydrogen-bond acceptors (Lipinski definition) is 6. The minimum atomic E-state index is -0.819. The molecular formula is C22H26BrN3O5. The molecule has 1 amide bonds. The standard InChI is InChI=1S/C22H26BrN3O5/c1-12-18-15(9-24-12)19(28)17(20(29)25-10-16(27)31-22(2,3)4)21(30)26(18)11-13-5-7-14(23)8-6-13/h5-8,12,24,28H,9-11H2,1-4H3,(H,25,29). The number of carbonyl (C=O) groups excluding carboxylic acids is 2. The molecule has 3 N–H and O–H groups in total. The van der Waals surface area contributed by atoms with Crippen molar-refractivity contribution in [3.05, 3.63) is 61.5 Å². The molecule has 0 saturated heterocycles. The van der Waals surface area contributed by atoms with Crippen LogP contribution in [-0.2, 0) is 22.6 Å². The summed E-state index contributed by atoms with van der Waals surface area (Å²) in [5, 5.41) is 16.3. The Labute approximate surface area is 188 Å². The predicted molar refractivity (Wildman–Crippen MR) is 119 cm³/mol. The average molecular weight is 492 g/mol. The van der Waals surface area contributed by atoms with Gasteiger partial charge in [-0.3, -0.25) is 14.4 Å². The van der Waals surface area contributed by atoms with E-state index in [1.807, 2.05) is 31.2 Å². The van der Waals surface area contributed by atoms with Gasteiger partial charge in [0.1, 0.15) is 23.5 Å². The lowest BCUT2D eigenvalue weighted by Crippen LogP contribution is -2.39. The fourth-order valence-electron chi connectivity index (χ4n) is 3.55. The van der Waals surface area contributed by atoms with Crippen LogP contribution in [0.25, 0.3) is 0 Å². The first-order valence-electron chi connectivity index (χ1n) is 9.94. The van der Waals surface area contributed by atoms with Crippen molar-refractivity contribution in [2.24, 2.45) is 0 Å². The third-order valence-corrected chi connectivity index (χ3v) is 5.40. The van der Waals surface area contributed by atoms with Gasteiger partial charge < -0.3 is 25.0 Å². The smallest absolute Gasteiger partial charge is 0.325 e. The first-order valence-corrected chi connectivity index (χ1v) is 10.7. The third kappa shape index (κ3) is 5.16. The highest BCUT2D eigenvalue weighted by atomic mass is 79.9. The molecule has 1 aromatic heterocycles. The highest BCUT2D eigenvalue weighted by molar-refractivity contribution is 9.10. The molecule has 8 nitrogen and oxygen atoms in total. The highest BCUT2D eigenvalue weighted by Gasteiger charge is 2.32. The maximum Gasteiger partial charge on any atom is 0.325 e. The van der Waals surface area contributed by atoms with Crippen molar-refractivity contribution in [2.75, 3.05) is 6.54 Å². The third-order valence-electron chi connectivity index (χ3n) is 4.87. The molecule has 3 rings (SSSR count). The number of nitrogens with one attached hydrogen (secondary N) is 2. The summed E-state index contributed by atoms with van der Waals surface area (Å²) in [6.07, 6.45) is 0. The van der Waals surface area contributed by atoms with Gasteiger partial charge in [-0.25, -0.2) is 0 Å². The zero-order chi connectivity index (χ0) is 22.9. The molecule has 31 heavy (non-hydrogen) atoms. The van der Waals surface area contributed by atoms with Crippen LogP contribution in [0.2, 0.25) is 0 Å². The molecule has 166 valence electrons. The van der Waals surface area contributed by atoms with E-state index in [9.17, 15) is 19.5 Å². The zero-order valence-electron chi connectivity index (χ0n) is 17.9. The SMILES string of the molecule is CC1NCc2c(O)c(C(=O)NCC(=O)OC(C)(C)C)c(=O)n(Cc3ccc(Br)cc3)c21. The molecule has 1 aliphatic rings. The number of aromatic nitrogens is 1. The fraction of sp³-hybridized carbons (Fsp3) is 0.409. The summed E-state index contributed by atoms with van der Waals surface area (Å²) in [5.74, 6) is -1.81. The number of ether oxygens (including phenoxy) is 1. The van der Waals surface area contributed by atoms with Crippen LogP contribution < -0.4 is 16.2 Å². The van der Waals surface area contributed by atoms with Crippen molar-refractivity contribution in [3.8, 4) is 5.75 Å². The largest absolute Gasteiger partial charge is 0.506 e. The van der Waals surface area contributed by atoms with Gasteiger partial charge in [-0.15, -0.1) is 0 Å². The van der Waals surface area contributed by atoms with E-state index in [1.165, 1.54) is 4.57 Å². The van der Waals surface area contributed by atoms with E-state index in [4.69, 9.17) is 4.74 Å². The van der Waals surface area contributed by atoms with Crippen molar-refractivity contribution in [1.29, 1.82) is 0 Å². The van der Waals surface area contributed by atoms with Gasteiger partial charge >= 0.3 is 5.97 Å². The van der Waals surface area contributed by atoms with Gasteiger partial charge in [-0.1, -0.05) is 28.1 Å². The molecule has 1 unspecified atom stereocenters. The molecule has 1 aliphatic heterocycles. The minimum Gasteiger partial charge on any atom is -0.506 e. The molecule has 0 aliphatic carbocycles. The molecule has 9 heteroatoms. The van der Waals surface area contributed by atoms with E-state index in [2.05, 4.69) is 26.6 Å². The second kappa shape index (κ2) is 8.84. The van der Waals surface area contributed by atoms with Gasteiger partial charge in [0.25, 0.3) is 11.5 Å². The Hall–Kier alpha value is -2.65. The molecule has 0 radical (unpaired) electrons. The fourth-order valence-corrected chi connectivity index (χ4v) is 3.82. The van der Waals surface area contributed by atoms with Gasteiger partial charge in [-0.2, -0.15) is 0 Å². The molecule has 1 atom stereocenters. The van der Waals surface area contributed by atoms with Gasteiger partial charge in [0, 0.05) is 28.3 Å². The molecule has 0 spiro atoms. The lowest BCUT2D eigenvalue weighted by Gasteiger charge is -2.20. The molecule has 0 bridgehead atoms. The van der Waals surface area contributed by atoms with E-state index in [0.717, 1.165) is 10.0 Å². The number of hydrogen-bond donors (Lipinski definition) is 3. The van der Waals surface area contributed by atoms with Crippen LogP contribution in [0.5, 0.6) is 5.75 Å². The first kappa shape index (κ1) is 23.0. The number of halogens is 1. The maximum absolute atomic E-state index is 13.3. The normalized spacial score (nSPS) is 15.5. The van der Waals surface area contributed by atoms with Gasteiger partial charge in [0.05, 0.1) is 6.54 Å². The number of rotatable bonds is 5. The van der Waals surface area contributed by atoms with E-state index in [0.29, 0.717) is 17.8 Å². The number of fused-ring (bicyclic) bond motifs is 1. The van der Waals surface area contributed by atoms with E-state index in [1.54, 1.807) is 20.8 Å². The molecule has 0 fully saturated rings. The monoisotopic (exact) mass is 491 g/mol. The number of nitrogens with zero attached hydrogens (tertiary/aromatic N) is 1. The summed E-state index contributed by atoms with van der Waals surface area (Å²) in [6, 6.07) is 7.34. The summed E-state index contributed by atoms with van der Waals surface area (Å²) in [6.45, 7) is 7.21. The number of aromatic hydroxyl groups is 1. The van der Waals surface area contributed by atoms with Crippen LogP contribution in [0.3, 0.4) is 0 Å². The summed E-state index contributed by atoms with van der Waals surface area (Å²) in [5.41, 5.74) is 0.335. The first-order chi connectivity index (χ1) is 14.5. The summed E-state index contributed by atoms with van der Waals surface area (Å²) < 4.78 is 7.59. The lowest BCUT2D eigenvalue weighted by molar-refractivity contribution is -0.153. The van der Waals surface area contributed by atoms with Crippen molar-refractivity contribution >= 4 is 27.8 Å². The van der Waals surface area contributed by atoms with Crippen LogP contribution in [0.1, 0.15) is 60.9 Å². The molecule has 1 aromatic carbocycles. The van der Waals surface area contributed by atoms with Crippen molar-refractivity contribution in [1.82, 2.24) is 15.2 Å². The van der Waals surface area contributed by atoms with Crippen molar-refractivity contribution in [3.63, 3.8) is 0 Å². The Morgan fingerprint density at radius 1 is 1.29 bits per heavy atom. The Morgan fingerprint density at radius 2 is 1.94 bits per heavy atom. The quantitative estimate of drug-likeness (QED) is 0.554. The Morgan fingerprint density at radius 3 is 2.55 bits per heavy atom. The van der Waals surface area contributed by atoms with Crippen LogP contribution in [0, 0.1) is 0 Å². The second-order valence-electron chi connectivity index (χ2n) is 8.48. The Kier molecular flexibility index (Phi) is 6.56. The Balaban J connectivity index is 1.96. The number of amides is 1. The summed E-state index contributed by atoms with van der Waals surface area (Å²) in [7, 11) is 0. The lowest BCUT2D eigenvalue weighted by atomic mass is 10.1. The number of esters is 1. The second-order valence-corrected chi connectivity index (χ2v) is 9.39. The van der Waals surface area contributed by atoms with E-state index >= 15 is 0 Å². The van der Waals surface area contributed by atoms with Gasteiger partial charge in [-0.05, 0) is 45.4 Å². The summed E-state index contributed by atoms with van der Waals surface area (Å²) in [4.78, 5) is 38.0. The van der Waals surface area contributed by atoms with E-state index < -0.39 is 29.6 Å². The highest BCUT2D eigenvalue weighted by Crippen LogP contribution is 2.33. The van der Waals surface area contributed by atoms with Crippen molar-refractivity contribution in [2.45, 2.75) is 52.4 Å². The molecular weight excluding hydrogens is 466 g/mol. The van der Waals surface area contributed by atoms with Crippen LogP contribution in [0.15, 0.2) is 33.5 Å². The zero-order valence-corrected chi connectivity index (χ0v) is 19.5. The van der Waals surface area contributed by atoms with Crippen molar-refractivity contribution < 1.29 is 19.4 Å². The predicted octanol–water partition coefficient (Wildman–Crippen LogP) is 2.60. The molecule has 0 saturated carbocycles. The molecule has 2 aromatic rings. The van der Waals surface area contributed by atoms with Gasteiger partial charge in [0.15, 0.2) is 0 Å².